The molecule has 0 aliphatic carbocycles. The molecule has 1 aromatic carbocycles. The van der Waals surface area contributed by atoms with Crippen molar-refractivity contribution in [1.29, 1.82) is 0 Å². The van der Waals surface area contributed by atoms with Crippen LogP contribution in [0.2, 0.25) is 0 Å². The van der Waals surface area contributed by atoms with Crippen LogP contribution in [-0.4, -0.2) is 35.8 Å². The summed E-state index contributed by atoms with van der Waals surface area (Å²) in [4.78, 5) is 26.1. The van der Waals surface area contributed by atoms with E-state index in [0.717, 1.165) is 4.47 Å². The Bertz CT molecular complexity index is 502. The van der Waals surface area contributed by atoms with E-state index in [0.29, 0.717) is 18.7 Å². The zero-order valence-electron chi connectivity index (χ0n) is 11.0. The molecule has 19 heavy (non-hydrogen) atoms. The van der Waals surface area contributed by atoms with Gasteiger partial charge in [-0.2, -0.15) is 0 Å². The van der Waals surface area contributed by atoms with Crippen LogP contribution in [0.25, 0.3) is 0 Å². The Morgan fingerprint density at radius 3 is 2.84 bits per heavy atom. The predicted molar refractivity (Wildman–Crippen MR) is 76.8 cm³/mol. The maximum absolute atomic E-state index is 12.5. The third-order valence-electron chi connectivity index (χ3n) is 3.22. The predicted octanol–water partition coefficient (Wildman–Crippen LogP) is 2.05. The summed E-state index contributed by atoms with van der Waals surface area (Å²) in [6.07, 6.45) is 0. The van der Waals surface area contributed by atoms with Crippen LogP contribution in [0, 0.1) is 5.92 Å². The molecule has 5 heteroatoms. The second-order valence-corrected chi connectivity index (χ2v) is 5.90. The number of nitrogens with one attached hydrogen (secondary N) is 1. The van der Waals surface area contributed by atoms with E-state index in [4.69, 9.17) is 0 Å². The minimum atomic E-state index is -0.389. The van der Waals surface area contributed by atoms with Crippen molar-refractivity contribution in [2.24, 2.45) is 5.92 Å². The highest BCUT2D eigenvalue weighted by atomic mass is 79.9. The number of carbonyl (C=O) groups is 2. The van der Waals surface area contributed by atoms with Crippen molar-refractivity contribution in [2.75, 3.05) is 13.1 Å². The zero-order valence-corrected chi connectivity index (χ0v) is 12.6. The summed E-state index contributed by atoms with van der Waals surface area (Å²) >= 11 is 3.36. The molecule has 1 fully saturated rings. The van der Waals surface area contributed by atoms with Gasteiger partial charge in [-0.3, -0.25) is 9.59 Å². The van der Waals surface area contributed by atoms with Crippen molar-refractivity contribution in [2.45, 2.75) is 19.9 Å². The molecule has 0 saturated carbocycles. The fourth-order valence-electron chi connectivity index (χ4n) is 2.36. The van der Waals surface area contributed by atoms with Crippen LogP contribution in [0.15, 0.2) is 28.7 Å². The molecule has 1 saturated heterocycles. The number of piperazine rings is 1. The number of carbonyl (C=O) groups excluding carboxylic acids is 2. The minimum Gasteiger partial charge on any atom is -0.353 e. The van der Waals surface area contributed by atoms with Crippen molar-refractivity contribution in [3.8, 4) is 0 Å². The average Bonchev–Trinajstić information content (AvgIpc) is 2.37. The van der Waals surface area contributed by atoms with E-state index >= 15 is 0 Å². The second-order valence-electron chi connectivity index (χ2n) is 4.99. The molecule has 1 N–H and O–H groups in total. The normalized spacial score (nSPS) is 19.5. The van der Waals surface area contributed by atoms with E-state index in [2.05, 4.69) is 21.2 Å². The number of benzene rings is 1. The fraction of sp³-hybridized carbons (Fsp3) is 0.429. The number of nitrogens with zero attached hydrogens (tertiary/aromatic N) is 1. The van der Waals surface area contributed by atoms with Crippen LogP contribution in [0.1, 0.15) is 24.2 Å². The van der Waals surface area contributed by atoms with Gasteiger partial charge in [0.05, 0.1) is 0 Å². The van der Waals surface area contributed by atoms with E-state index in [1.165, 1.54) is 0 Å². The van der Waals surface area contributed by atoms with Crippen LogP contribution in [0.4, 0.5) is 0 Å². The van der Waals surface area contributed by atoms with Gasteiger partial charge in [0, 0.05) is 23.1 Å². The smallest absolute Gasteiger partial charge is 0.254 e. The fourth-order valence-corrected chi connectivity index (χ4v) is 2.76. The minimum absolute atomic E-state index is 0.0652. The summed E-state index contributed by atoms with van der Waals surface area (Å²) in [6, 6.07) is 6.87. The Kier molecular flexibility index (Phi) is 4.24. The Labute approximate surface area is 121 Å². The highest BCUT2D eigenvalue weighted by Crippen LogP contribution is 2.19. The van der Waals surface area contributed by atoms with Gasteiger partial charge in [0.2, 0.25) is 5.91 Å². The van der Waals surface area contributed by atoms with Gasteiger partial charge in [0.15, 0.2) is 0 Å². The molecule has 0 aromatic heterocycles. The standard InChI is InChI=1S/C14H17BrN2O2/c1-9(2)12-13(18)16-6-7-17(12)14(19)10-4-3-5-11(15)8-10/h3-5,8-9,12H,6-7H2,1-2H3,(H,16,18). The maximum Gasteiger partial charge on any atom is 0.254 e. The van der Waals surface area contributed by atoms with Crippen LogP contribution < -0.4 is 5.32 Å². The Morgan fingerprint density at radius 1 is 1.47 bits per heavy atom. The first-order chi connectivity index (χ1) is 9.00. The third kappa shape index (κ3) is 2.97. The summed E-state index contributed by atoms with van der Waals surface area (Å²) in [6.45, 7) is 4.98. The monoisotopic (exact) mass is 324 g/mol. The van der Waals surface area contributed by atoms with Gasteiger partial charge in [0.1, 0.15) is 6.04 Å². The molecule has 1 aliphatic heterocycles. The molecular formula is C14H17BrN2O2. The summed E-state index contributed by atoms with van der Waals surface area (Å²) in [5.74, 6) is -0.0594. The summed E-state index contributed by atoms with van der Waals surface area (Å²) in [5.41, 5.74) is 0.606. The van der Waals surface area contributed by atoms with Crippen LogP contribution in [0.3, 0.4) is 0 Å². The van der Waals surface area contributed by atoms with E-state index in [9.17, 15) is 9.59 Å². The summed E-state index contributed by atoms with van der Waals surface area (Å²) < 4.78 is 0.862. The van der Waals surface area contributed by atoms with Crippen molar-refractivity contribution in [1.82, 2.24) is 10.2 Å². The second kappa shape index (κ2) is 5.74. The molecule has 0 spiro atoms. The molecule has 1 atom stereocenters. The quantitative estimate of drug-likeness (QED) is 0.905. The van der Waals surface area contributed by atoms with Gasteiger partial charge >= 0.3 is 0 Å². The topological polar surface area (TPSA) is 49.4 Å². The van der Waals surface area contributed by atoms with Crippen molar-refractivity contribution >= 4 is 27.7 Å². The molecular weight excluding hydrogens is 308 g/mol. The van der Waals surface area contributed by atoms with Crippen LogP contribution in [0.5, 0.6) is 0 Å². The van der Waals surface area contributed by atoms with Gasteiger partial charge in [-0.25, -0.2) is 0 Å². The van der Waals surface area contributed by atoms with E-state index in [-0.39, 0.29) is 23.8 Å². The molecule has 2 rings (SSSR count). The lowest BCUT2D eigenvalue weighted by Gasteiger charge is -2.37. The lowest BCUT2D eigenvalue weighted by molar-refractivity contribution is -0.129. The maximum atomic E-state index is 12.5. The van der Waals surface area contributed by atoms with Crippen molar-refractivity contribution < 1.29 is 9.59 Å². The van der Waals surface area contributed by atoms with Crippen molar-refractivity contribution in [3.05, 3.63) is 34.3 Å². The van der Waals surface area contributed by atoms with Gasteiger partial charge < -0.3 is 10.2 Å². The Hall–Kier alpha value is -1.36. The average molecular weight is 325 g/mol. The molecule has 1 aliphatic rings. The SMILES string of the molecule is CC(C)C1C(=O)NCCN1C(=O)c1cccc(Br)c1. The van der Waals surface area contributed by atoms with Gasteiger partial charge in [0.25, 0.3) is 5.91 Å². The van der Waals surface area contributed by atoms with E-state index in [1.807, 2.05) is 26.0 Å². The van der Waals surface area contributed by atoms with Crippen molar-refractivity contribution in [3.63, 3.8) is 0 Å². The Balaban J connectivity index is 2.28. The highest BCUT2D eigenvalue weighted by molar-refractivity contribution is 9.10. The van der Waals surface area contributed by atoms with E-state index < -0.39 is 0 Å². The van der Waals surface area contributed by atoms with Gasteiger partial charge in [-0.05, 0) is 24.1 Å². The number of rotatable bonds is 2. The molecule has 1 unspecified atom stereocenters. The van der Waals surface area contributed by atoms with Gasteiger partial charge in [-0.1, -0.05) is 35.8 Å². The molecule has 2 amide bonds. The lowest BCUT2D eigenvalue weighted by Crippen LogP contribution is -2.59. The molecule has 1 aromatic rings. The van der Waals surface area contributed by atoms with Crippen LogP contribution >= 0.6 is 15.9 Å². The third-order valence-corrected chi connectivity index (χ3v) is 3.71. The summed E-state index contributed by atoms with van der Waals surface area (Å²) in [7, 11) is 0. The summed E-state index contributed by atoms with van der Waals surface area (Å²) in [5, 5.41) is 2.82. The molecule has 1 heterocycles. The van der Waals surface area contributed by atoms with Crippen LogP contribution in [-0.2, 0) is 4.79 Å². The first-order valence-electron chi connectivity index (χ1n) is 6.35. The highest BCUT2D eigenvalue weighted by Gasteiger charge is 2.35. The number of hydrogen-bond acceptors (Lipinski definition) is 2. The van der Waals surface area contributed by atoms with E-state index in [1.54, 1.807) is 17.0 Å². The molecule has 0 radical (unpaired) electrons. The molecule has 102 valence electrons. The lowest BCUT2D eigenvalue weighted by atomic mass is 9.98. The Morgan fingerprint density at radius 2 is 2.21 bits per heavy atom. The number of hydrogen-bond donors (Lipinski definition) is 1. The zero-order chi connectivity index (χ0) is 14.0. The molecule has 4 nitrogen and oxygen atoms in total. The molecule has 0 bridgehead atoms. The number of halogens is 1. The van der Waals surface area contributed by atoms with Gasteiger partial charge in [-0.15, -0.1) is 0 Å². The first-order valence-corrected chi connectivity index (χ1v) is 7.14. The largest absolute Gasteiger partial charge is 0.353 e. The first kappa shape index (κ1) is 14.1. The number of amides is 2.